The first-order chi connectivity index (χ1) is 27.4. The summed E-state index contributed by atoms with van der Waals surface area (Å²) in [5, 5.41) is 42.7. The van der Waals surface area contributed by atoms with Crippen molar-refractivity contribution in [1.82, 2.24) is 54.0 Å². The zero-order chi connectivity index (χ0) is 39.7. The molecule has 5 aromatic heterocycles. The lowest BCUT2D eigenvalue weighted by Crippen LogP contribution is -2.33. The van der Waals surface area contributed by atoms with Gasteiger partial charge in [0.1, 0.15) is 30.5 Å². The average Bonchev–Trinajstić information content (AvgIpc) is 4.00. The predicted octanol–water partition coefficient (Wildman–Crippen LogP) is -0.374. The highest BCUT2D eigenvalue weighted by Crippen LogP contribution is 2.57. The average molecular weight is 830 g/mol. The molecule has 9 rings (SSSR count). The van der Waals surface area contributed by atoms with Crippen molar-refractivity contribution in [3.05, 3.63) is 80.1 Å². The van der Waals surface area contributed by atoms with Gasteiger partial charge in [-0.25, -0.2) is 19.2 Å². The minimum Gasteiger partial charge on any atom is -0.388 e. The third kappa shape index (κ3) is 6.78. The SMILES string of the molecule is Nc1nc2c(ncn2C2OC(Cc3cn(C4C(COP5(=O)OCCC(c6cccc(Cl)c6)O5)OC(n5cnc6c(=O)[nH]c(N)nc65)C4O)nn3)C(O)C2O)c(=O)[nH]1. The number of fused-ring (bicyclic) bond motifs is 2. The van der Waals surface area contributed by atoms with Crippen molar-refractivity contribution in [2.75, 3.05) is 24.7 Å². The van der Waals surface area contributed by atoms with Gasteiger partial charge in [0, 0.05) is 24.1 Å². The third-order valence-corrected chi connectivity index (χ3v) is 11.6. The number of rotatable bonds is 9. The molecule has 300 valence electrons. The number of nitrogens with one attached hydrogen (secondary N) is 2. The maximum Gasteiger partial charge on any atom is 0.475 e. The van der Waals surface area contributed by atoms with Gasteiger partial charge in [0.25, 0.3) is 11.1 Å². The first-order valence-electron chi connectivity index (χ1n) is 17.4. The fraction of sp³-hybridized carbons (Fsp3) is 0.419. The number of aliphatic hydroxyl groups is 3. The van der Waals surface area contributed by atoms with Crippen LogP contribution in [0.15, 0.2) is 52.7 Å². The first kappa shape index (κ1) is 37.4. The number of hydrogen-bond donors (Lipinski definition) is 7. The van der Waals surface area contributed by atoms with Crippen LogP contribution in [0.4, 0.5) is 11.9 Å². The van der Waals surface area contributed by atoms with E-state index < -0.39 is 80.7 Å². The van der Waals surface area contributed by atoms with Gasteiger partial charge in [-0.2, -0.15) is 9.97 Å². The summed E-state index contributed by atoms with van der Waals surface area (Å²) in [6.45, 7) is -0.400. The lowest BCUT2D eigenvalue weighted by atomic mass is 10.1. The molecule has 26 heteroatoms. The summed E-state index contributed by atoms with van der Waals surface area (Å²) < 4.78 is 47.1. The largest absolute Gasteiger partial charge is 0.475 e. The maximum atomic E-state index is 13.8. The van der Waals surface area contributed by atoms with Crippen LogP contribution in [-0.2, 0) is 34.0 Å². The number of phosphoric acid groups is 1. The zero-order valence-corrected chi connectivity index (χ0v) is 30.8. The molecule has 1 aromatic carbocycles. The maximum absolute atomic E-state index is 13.8. The van der Waals surface area contributed by atoms with Crippen molar-refractivity contribution in [3.8, 4) is 0 Å². The predicted molar refractivity (Wildman–Crippen MR) is 193 cm³/mol. The van der Waals surface area contributed by atoms with E-state index in [1.54, 1.807) is 24.3 Å². The molecule has 0 spiro atoms. The molecule has 57 heavy (non-hydrogen) atoms. The molecule has 0 amide bonds. The summed E-state index contributed by atoms with van der Waals surface area (Å²) in [5.74, 6) is -0.375. The number of imidazole rings is 2. The smallest absolute Gasteiger partial charge is 0.388 e. The number of hydrogen-bond acceptors (Lipinski definition) is 19. The summed E-state index contributed by atoms with van der Waals surface area (Å²) in [7, 11) is -4.20. The van der Waals surface area contributed by atoms with E-state index in [4.69, 9.17) is 46.1 Å². The Balaban J connectivity index is 0.976. The molecular weight excluding hydrogens is 797 g/mol. The minimum absolute atomic E-state index is 0.0182. The second kappa shape index (κ2) is 14.4. The van der Waals surface area contributed by atoms with Gasteiger partial charge in [0.15, 0.2) is 34.8 Å². The second-order valence-corrected chi connectivity index (χ2v) is 15.6. The molecule has 3 aliphatic rings. The molecule has 3 aliphatic heterocycles. The molecule has 9 N–H and O–H groups in total. The Morgan fingerprint density at radius 3 is 2.25 bits per heavy atom. The number of nitrogens with zero attached hydrogens (tertiary/aromatic N) is 9. The van der Waals surface area contributed by atoms with Gasteiger partial charge in [0.05, 0.1) is 43.8 Å². The van der Waals surface area contributed by atoms with Crippen LogP contribution >= 0.6 is 19.4 Å². The van der Waals surface area contributed by atoms with Crippen molar-refractivity contribution in [1.29, 1.82) is 0 Å². The number of halogens is 1. The van der Waals surface area contributed by atoms with E-state index in [1.807, 2.05) is 0 Å². The van der Waals surface area contributed by atoms with E-state index in [9.17, 15) is 29.5 Å². The van der Waals surface area contributed by atoms with E-state index in [-0.39, 0.29) is 52.9 Å². The van der Waals surface area contributed by atoms with Gasteiger partial charge < -0.3 is 36.3 Å². The molecule has 8 heterocycles. The second-order valence-electron chi connectivity index (χ2n) is 13.6. The lowest BCUT2D eigenvalue weighted by Gasteiger charge is -2.30. The number of aromatic amines is 2. The van der Waals surface area contributed by atoms with E-state index in [1.165, 1.54) is 32.7 Å². The van der Waals surface area contributed by atoms with E-state index in [0.29, 0.717) is 17.0 Å². The molecule has 0 aliphatic carbocycles. The molecular formula is C31H33ClN13O11P. The van der Waals surface area contributed by atoms with Crippen LogP contribution in [0.25, 0.3) is 22.3 Å². The zero-order valence-electron chi connectivity index (χ0n) is 29.2. The number of benzene rings is 1. The Hall–Kier alpha value is -5.14. The molecule has 3 saturated heterocycles. The van der Waals surface area contributed by atoms with Crippen molar-refractivity contribution < 1.29 is 42.9 Å². The Bertz CT molecular complexity index is 2650. The number of phosphoric ester groups is 1. The Labute approximate surface area is 322 Å². The number of aliphatic hydroxyl groups excluding tert-OH is 3. The van der Waals surface area contributed by atoms with Crippen molar-refractivity contribution in [2.45, 2.75) is 68.0 Å². The Morgan fingerprint density at radius 2 is 1.58 bits per heavy atom. The topological polar surface area (TPSA) is 334 Å². The molecule has 0 bridgehead atoms. The quantitative estimate of drug-likeness (QED) is 0.0914. The van der Waals surface area contributed by atoms with Gasteiger partial charge in [-0.15, -0.1) is 5.10 Å². The fourth-order valence-electron chi connectivity index (χ4n) is 7.25. The molecule has 10 unspecified atom stereocenters. The lowest BCUT2D eigenvalue weighted by molar-refractivity contribution is -0.0552. The van der Waals surface area contributed by atoms with Crippen molar-refractivity contribution >= 4 is 53.6 Å². The summed E-state index contributed by atoms with van der Waals surface area (Å²) in [6.07, 6.45) is -5.33. The summed E-state index contributed by atoms with van der Waals surface area (Å²) in [4.78, 5) is 46.0. The monoisotopic (exact) mass is 829 g/mol. The van der Waals surface area contributed by atoms with Crippen molar-refractivity contribution in [2.24, 2.45) is 0 Å². The molecule has 0 radical (unpaired) electrons. The van der Waals surface area contributed by atoms with Gasteiger partial charge in [0.2, 0.25) is 11.9 Å². The summed E-state index contributed by atoms with van der Waals surface area (Å²) >= 11 is 6.17. The van der Waals surface area contributed by atoms with Crippen LogP contribution < -0.4 is 22.6 Å². The molecule has 3 fully saturated rings. The minimum atomic E-state index is -4.20. The number of aromatic nitrogens is 11. The van der Waals surface area contributed by atoms with Gasteiger partial charge in [-0.3, -0.25) is 42.3 Å². The Kier molecular flexibility index (Phi) is 9.43. The number of H-pyrrole nitrogens is 2. The highest BCUT2D eigenvalue weighted by molar-refractivity contribution is 7.48. The number of nitrogen functional groups attached to an aromatic ring is 2. The van der Waals surface area contributed by atoms with Gasteiger partial charge >= 0.3 is 7.82 Å². The summed E-state index contributed by atoms with van der Waals surface area (Å²) in [5.41, 5.74) is 11.2. The van der Waals surface area contributed by atoms with Crippen LogP contribution in [0.2, 0.25) is 5.02 Å². The van der Waals surface area contributed by atoms with Crippen LogP contribution in [0.5, 0.6) is 0 Å². The number of ether oxygens (including phenoxy) is 2. The molecule has 6 aromatic rings. The van der Waals surface area contributed by atoms with Crippen molar-refractivity contribution in [3.63, 3.8) is 0 Å². The first-order valence-corrected chi connectivity index (χ1v) is 19.2. The van der Waals surface area contributed by atoms with Crippen LogP contribution in [0, 0.1) is 0 Å². The normalized spacial score (nSPS) is 30.5. The molecule has 10 atom stereocenters. The number of nitrogens with two attached hydrogens (primary N) is 2. The Morgan fingerprint density at radius 1 is 0.930 bits per heavy atom. The fourth-order valence-corrected chi connectivity index (χ4v) is 8.84. The van der Waals surface area contributed by atoms with E-state index in [2.05, 4.69) is 40.2 Å². The summed E-state index contributed by atoms with van der Waals surface area (Å²) in [6, 6.07) is 5.81. The standard InChI is InChI=1S/C31H33ClN13O11P/c32-13-3-1-2-12(6-13)15-4-5-52-57(51,56-15)53-9-17-20(22(47)28(55-17)43-10-35-18-24(43)37-30(33)39-26(18)49)45-8-14(41-42-45)7-16-21(46)23(48)29(54-16)44-11-36-19-25(44)38-31(34)40-27(19)50/h1-3,6,8,10-11,15-17,20-23,28-29,46-48H,4-5,7,9H2,(H3,33,37,39,49)(H3,34,38,40,50). The highest BCUT2D eigenvalue weighted by atomic mass is 35.5. The van der Waals surface area contributed by atoms with E-state index in [0.717, 1.165) is 0 Å². The third-order valence-electron chi connectivity index (χ3n) is 9.90. The van der Waals surface area contributed by atoms with Crippen LogP contribution in [-0.4, -0.2) is 113 Å². The van der Waals surface area contributed by atoms with Crippen LogP contribution in [0.1, 0.15) is 42.3 Å². The molecule has 0 saturated carbocycles. The van der Waals surface area contributed by atoms with Crippen LogP contribution in [0.3, 0.4) is 0 Å². The highest BCUT2D eigenvalue weighted by Gasteiger charge is 2.50. The van der Waals surface area contributed by atoms with Gasteiger partial charge in [-0.1, -0.05) is 28.9 Å². The van der Waals surface area contributed by atoms with E-state index >= 15 is 0 Å². The number of anilines is 2. The molecule has 24 nitrogen and oxygen atoms in total. The van der Waals surface area contributed by atoms with Gasteiger partial charge in [-0.05, 0) is 17.7 Å².